The third kappa shape index (κ3) is 4.73. The summed E-state index contributed by atoms with van der Waals surface area (Å²) in [6.07, 6.45) is 1.51. The fourth-order valence-corrected chi connectivity index (χ4v) is 4.27. The van der Waals surface area contributed by atoms with E-state index in [2.05, 4.69) is 26.5 Å². The van der Waals surface area contributed by atoms with Crippen LogP contribution in [0.2, 0.25) is 0 Å². The number of anilines is 1. The molecule has 0 radical (unpaired) electrons. The highest BCUT2D eigenvalue weighted by Crippen LogP contribution is 2.29. The fourth-order valence-electron chi connectivity index (χ4n) is 2.58. The van der Waals surface area contributed by atoms with E-state index >= 15 is 0 Å². The smallest absolute Gasteiger partial charge is 0.295 e. The van der Waals surface area contributed by atoms with Crippen molar-refractivity contribution in [3.05, 3.63) is 62.6 Å². The summed E-state index contributed by atoms with van der Waals surface area (Å²) < 4.78 is 32.7. The van der Waals surface area contributed by atoms with Crippen LogP contribution in [0.3, 0.4) is 0 Å². The van der Waals surface area contributed by atoms with Crippen molar-refractivity contribution in [3.63, 3.8) is 0 Å². The van der Waals surface area contributed by atoms with Crippen LogP contribution in [0.5, 0.6) is 0 Å². The van der Waals surface area contributed by atoms with Crippen LogP contribution in [-0.2, 0) is 14.8 Å². The SMILES string of the molecule is O=[N+]([O-])c1cc(S(=O)(=O)N2CCOCC2)ccc1NN=Cc1ccc(Br)cc1. The molecule has 0 atom stereocenters. The maximum atomic E-state index is 12.7. The molecule has 1 fully saturated rings. The van der Waals surface area contributed by atoms with Crippen LogP contribution >= 0.6 is 15.9 Å². The number of nitrogens with zero attached hydrogens (tertiary/aromatic N) is 3. The van der Waals surface area contributed by atoms with Crippen LogP contribution in [-0.4, -0.2) is 50.2 Å². The lowest BCUT2D eigenvalue weighted by Gasteiger charge is -2.26. The first-order chi connectivity index (χ1) is 13.4. The maximum Gasteiger partial charge on any atom is 0.295 e. The number of rotatable bonds is 6. The molecule has 2 aromatic carbocycles. The zero-order chi connectivity index (χ0) is 20.1. The minimum atomic E-state index is -3.82. The third-order valence-corrected chi connectivity index (χ3v) is 6.47. The van der Waals surface area contributed by atoms with Gasteiger partial charge in [-0.1, -0.05) is 28.1 Å². The summed E-state index contributed by atoms with van der Waals surface area (Å²) in [6, 6.07) is 11.0. The Kier molecular flexibility index (Phi) is 6.39. The lowest BCUT2D eigenvalue weighted by Crippen LogP contribution is -2.40. The Morgan fingerprint density at radius 2 is 1.86 bits per heavy atom. The number of hydrazone groups is 1. The largest absolute Gasteiger partial charge is 0.379 e. The first-order valence-corrected chi connectivity index (χ1v) is 10.5. The Morgan fingerprint density at radius 3 is 2.50 bits per heavy atom. The summed E-state index contributed by atoms with van der Waals surface area (Å²) >= 11 is 3.33. The fraction of sp³-hybridized carbons (Fsp3) is 0.235. The molecule has 28 heavy (non-hydrogen) atoms. The van der Waals surface area contributed by atoms with Gasteiger partial charge in [-0.25, -0.2) is 8.42 Å². The predicted molar refractivity (Wildman–Crippen MR) is 108 cm³/mol. The van der Waals surface area contributed by atoms with Crippen LogP contribution < -0.4 is 5.43 Å². The third-order valence-electron chi connectivity index (χ3n) is 4.04. The molecule has 0 bridgehead atoms. The number of morpholine rings is 1. The molecule has 0 aromatic heterocycles. The van der Waals surface area contributed by atoms with Crippen molar-refractivity contribution in [2.75, 3.05) is 31.7 Å². The van der Waals surface area contributed by atoms with Crippen LogP contribution in [0.1, 0.15) is 5.56 Å². The van der Waals surface area contributed by atoms with Crippen molar-refractivity contribution < 1.29 is 18.1 Å². The second-order valence-corrected chi connectivity index (χ2v) is 8.73. The molecule has 0 spiro atoms. The number of hydrogen-bond donors (Lipinski definition) is 1. The normalized spacial score (nSPS) is 15.6. The Morgan fingerprint density at radius 1 is 1.18 bits per heavy atom. The van der Waals surface area contributed by atoms with E-state index in [0.29, 0.717) is 13.2 Å². The quantitative estimate of drug-likeness (QED) is 0.396. The summed E-state index contributed by atoms with van der Waals surface area (Å²) in [5.41, 5.74) is 3.12. The highest BCUT2D eigenvalue weighted by Gasteiger charge is 2.28. The minimum absolute atomic E-state index is 0.0966. The van der Waals surface area contributed by atoms with Gasteiger partial charge >= 0.3 is 0 Å². The van der Waals surface area contributed by atoms with Crippen molar-refractivity contribution in [2.45, 2.75) is 4.90 Å². The maximum absolute atomic E-state index is 12.7. The molecular weight excluding hydrogens is 452 g/mol. The van der Waals surface area contributed by atoms with Crippen molar-refractivity contribution in [3.8, 4) is 0 Å². The van der Waals surface area contributed by atoms with E-state index in [0.717, 1.165) is 16.1 Å². The topological polar surface area (TPSA) is 114 Å². The van der Waals surface area contributed by atoms with Crippen LogP contribution in [0, 0.1) is 10.1 Å². The van der Waals surface area contributed by atoms with Crippen molar-refractivity contribution in [2.24, 2.45) is 5.10 Å². The number of sulfonamides is 1. The summed E-state index contributed by atoms with van der Waals surface area (Å²) in [6.45, 7) is 1.03. The van der Waals surface area contributed by atoms with Gasteiger partial charge in [0.15, 0.2) is 0 Å². The van der Waals surface area contributed by atoms with Gasteiger partial charge in [0.1, 0.15) is 5.69 Å². The van der Waals surface area contributed by atoms with Gasteiger partial charge in [0.25, 0.3) is 5.69 Å². The summed E-state index contributed by atoms with van der Waals surface area (Å²) in [5.74, 6) is 0. The Balaban J connectivity index is 1.83. The van der Waals surface area contributed by atoms with E-state index in [-0.39, 0.29) is 29.4 Å². The van der Waals surface area contributed by atoms with Crippen LogP contribution in [0.25, 0.3) is 0 Å². The zero-order valence-electron chi connectivity index (χ0n) is 14.6. The van der Waals surface area contributed by atoms with Gasteiger partial charge in [-0.3, -0.25) is 15.5 Å². The van der Waals surface area contributed by atoms with E-state index < -0.39 is 14.9 Å². The first kappa shape index (κ1) is 20.4. The summed E-state index contributed by atoms with van der Waals surface area (Å²) in [5, 5.41) is 15.4. The predicted octanol–water partition coefficient (Wildman–Crippen LogP) is 2.82. The number of benzene rings is 2. The van der Waals surface area contributed by atoms with Crippen molar-refractivity contribution in [1.29, 1.82) is 0 Å². The number of hydrogen-bond acceptors (Lipinski definition) is 7. The molecule has 0 unspecified atom stereocenters. The number of ether oxygens (including phenoxy) is 1. The Bertz CT molecular complexity index is 989. The van der Waals surface area contributed by atoms with Gasteiger partial charge in [0, 0.05) is 23.6 Å². The molecule has 1 N–H and O–H groups in total. The molecule has 1 aliphatic heterocycles. The first-order valence-electron chi connectivity index (χ1n) is 8.29. The monoisotopic (exact) mass is 468 g/mol. The van der Waals surface area contributed by atoms with E-state index in [9.17, 15) is 18.5 Å². The average Bonchev–Trinajstić information content (AvgIpc) is 2.70. The summed E-state index contributed by atoms with van der Waals surface area (Å²) in [4.78, 5) is 10.6. The van der Waals surface area contributed by atoms with Gasteiger partial charge in [-0.2, -0.15) is 9.41 Å². The van der Waals surface area contributed by atoms with Gasteiger partial charge in [-0.05, 0) is 29.8 Å². The van der Waals surface area contributed by atoms with Gasteiger partial charge in [0.05, 0.1) is 29.2 Å². The van der Waals surface area contributed by atoms with E-state index in [1.807, 2.05) is 24.3 Å². The van der Waals surface area contributed by atoms with Crippen LogP contribution in [0.15, 0.2) is 56.9 Å². The second kappa shape index (κ2) is 8.78. The number of halogens is 1. The molecular formula is C17H17BrN4O5S. The molecule has 148 valence electrons. The number of nitrogens with one attached hydrogen (secondary N) is 1. The van der Waals surface area contributed by atoms with E-state index in [1.54, 1.807) is 0 Å². The molecule has 3 rings (SSSR count). The summed E-state index contributed by atoms with van der Waals surface area (Å²) in [7, 11) is -3.82. The Hall–Kier alpha value is -2.34. The van der Waals surface area contributed by atoms with Gasteiger partial charge < -0.3 is 4.74 Å². The lowest BCUT2D eigenvalue weighted by atomic mass is 10.2. The second-order valence-electron chi connectivity index (χ2n) is 5.87. The molecule has 1 aliphatic rings. The molecule has 0 aliphatic carbocycles. The zero-order valence-corrected chi connectivity index (χ0v) is 17.0. The average molecular weight is 469 g/mol. The van der Waals surface area contributed by atoms with Crippen LogP contribution in [0.4, 0.5) is 11.4 Å². The number of nitro benzene ring substituents is 1. The molecule has 2 aromatic rings. The lowest BCUT2D eigenvalue weighted by molar-refractivity contribution is -0.384. The molecule has 0 amide bonds. The highest BCUT2D eigenvalue weighted by molar-refractivity contribution is 9.10. The molecule has 1 saturated heterocycles. The van der Waals surface area contributed by atoms with Gasteiger partial charge in [0.2, 0.25) is 10.0 Å². The Labute approximate surface area is 170 Å². The van der Waals surface area contributed by atoms with E-state index in [1.165, 1.54) is 22.7 Å². The molecule has 9 nitrogen and oxygen atoms in total. The standard InChI is InChI=1S/C17H17BrN4O5S/c18-14-3-1-13(2-4-14)12-19-20-16-6-5-15(11-17(16)22(23)24)28(25,26)21-7-9-27-10-8-21/h1-6,11-12,20H,7-10H2. The molecule has 0 saturated carbocycles. The number of nitro groups is 1. The van der Waals surface area contributed by atoms with E-state index in [4.69, 9.17) is 4.74 Å². The molecule has 11 heteroatoms. The van der Waals surface area contributed by atoms with Crippen molar-refractivity contribution in [1.82, 2.24) is 4.31 Å². The molecule has 1 heterocycles. The minimum Gasteiger partial charge on any atom is -0.379 e. The highest BCUT2D eigenvalue weighted by atomic mass is 79.9. The van der Waals surface area contributed by atoms with Gasteiger partial charge in [-0.15, -0.1) is 0 Å². The van der Waals surface area contributed by atoms with Crippen molar-refractivity contribution >= 4 is 43.5 Å².